The van der Waals surface area contributed by atoms with Gasteiger partial charge in [0.2, 0.25) is 0 Å². The number of para-hydroxylation sites is 1. The molecule has 1 saturated heterocycles. The minimum atomic E-state index is -0.229. The lowest BCUT2D eigenvalue weighted by Crippen LogP contribution is -2.25. The third-order valence-electron chi connectivity index (χ3n) is 3.99. The largest absolute Gasteiger partial charge is 0.489 e. The van der Waals surface area contributed by atoms with Gasteiger partial charge in [0.25, 0.3) is 0 Å². The van der Waals surface area contributed by atoms with Crippen LogP contribution in [0.3, 0.4) is 0 Å². The van der Waals surface area contributed by atoms with Crippen molar-refractivity contribution in [2.24, 2.45) is 0 Å². The smallest absolute Gasteiger partial charge is 0.124 e. The van der Waals surface area contributed by atoms with Gasteiger partial charge in [-0.15, -0.1) is 12.4 Å². The highest BCUT2D eigenvalue weighted by molar-refractivity contribution is 5.85. The molecule has 0 saturated carbocycles. The van der Waals surface area contributed by atoms with Crippen LogP contribution in [0.4, 0.5) is 4.39 Å². The van der Waals surface area contributed by atoms with Crippen molar-refractivity contribution in [1.29, 1.82) is 0 Å². The summed E-state index contributed by atoms with van der Waals surface area (Å²) in [7, 11) is 0. The first-order chi connectivity index (χ1) is 11.3. The van der Waals surface area contributed by atoms with Gasteiger partial charge in [0, 0.05) is 25.3 Å². The highest BCUT2D eigenvalue weighted by Crippen LogP contribution is 2.20. The standard InChI is InChI=1S/C19H22FNO2.ClH/c20-17-9-7-15(8-10-17)14-23-19-6-2-1-4-16(19)12-21-13-18-5-3-11-22-18;/h1-2,4,6-10,18,21H,3,5,11-14H2;1H. The third kappa shape index (κ3) is 5.48. The fourth-order valence-corrected chi connectivity index (χ4v) is 2.71. The molecule has 1 unspecified atom stereocenters. The van der Waals surface area contributed by atoms with Crippen LogP contribution in [0.15, 0.2) is 48.5 Å². The first-order valence-corrected chi connectivity index (χ1v) is 8.09. The molecule has 1 heterocycles. The van der Waals surface area contributed by atoms with Crippen molar-refractivity contribution in [2.75, 3.05) is 13.2 Å². The van der Waals surface area contributed by atoms with Gasteiger partial charge in [0.15, 0.2) is 0 Å². The van der Waals surface area contributed by atoms with Gasteiger partial charge in [-0.25, -0.2) is 4.39 Å². The Morgan fingerprint density at radius 2 is 1.92 bits per heavy atom. The fraction of sp³-hybridized carbons (Fsp3) is 0.368. The van der Waals surface area contributed by atoms with Crippen molar-refractivity contribution in [3.05, 3.63) is 65.5 Å². The second kappa shape index (κ2) is 9.62. The quantitative estimate of drug-likeness (QED) is 0.814. The number of halogens is 2. The van der Waals surface area contributed by atoms with E-state index in [9.17, 15) is 4.39 Å². The lowest BCUT2D eigenvalue weighted by atomic mass is 10.2. The molecule has 0 bridgehead atoms. The van der Waals surface area contributed by atoms with E-state index < -0.39 is 0 Å². The summed E-state index contributed by atoms with van der Waals surface area (Å²) in [5.74, 6) is 0.629. The van der Waals surface area contributed by atoms with Crippen LogP contribution in [0.5, 0.6) is 5.75 Å². The van der Waals surface area contributed by atoms with E-state index in [1.54, 1.807) is 12.1 Å². The van der Waals surface area contributed by atoms with Gasteiger partial charge >= 0.3 is 0 Å². The van der Waals surface area contributed by atoms with Gasteiger partial charge in [-0.2, -0.15) is 0 Å². The molecule has 2 aromatic rings. The van der Waals surface area contributed by atoms with E-state index in [4.69, 9.17) is 9.47 Å². The minimum absolute atomic E-state index is 0. The SMILES string of the molecule is Cl.Fc1ccc(COc2ccccc2CNCC2CCCO2)cc1. The van der Waals surface area contributed by atoms with E-state index in [0.717, 1.165) is 49.4 Å². The molecule has 5 heteroatoms. The molecule has 0 spiro atoms. The van der Waals surface area contributed by atoms with Crippen molar-refractivity contribution in [1.82, 2.24) is 5.32 Å². The van der Waals surface area contributed by atoms with Gasteiger partial charge in [-0.3, -0.25) is 0 Å². The Morgan fingerprint density at radius 1 is 1.12 bits per heavy atom. The Labute approximate surface area is 148 Å². The number of benzene rings is 2. The summed E-state index contributed by atoms with van der Waals surface area (Å²) >= 11 is 0. The summed E-state index contributed by atoms with van der Waals surface area (Å²) in [6.45, 7) is 2.93. The predicted octanol–water partition coefficient (Wildman–Crippen LogP) is 4.10. The van der Waals surface area contributed by atoms with Crippen LogP contribution in [0, 0.1) is 5.82 Å². The average molecular weight is 352 g/mol. The zero-order valence-electron chi connectivity index (χ0n) is 13.5. The summed E-state index contributed by atoms with van der Waals surface area (Å²) < 4.78 is 24.4. The Morgan fingerprint density at radius 3 is 2.67 bits per heavy atom. The minimum Gasteiger partial charge on any atom is -0.489 e. The molecule has 0 aliphatic carbocycles. The van der Waals surface area contributed by atoms with E-state index in [1.165, 1.54) is 12.1 Å². The zero-order valence-corrected chi connectivity index (χ0v) is 14.4. The van der Waals surface area contributed by atoms with Crippen LogP contribution in [-0.4, -0.2) is 19.3 Å². The predicted molar refractivity (Wildman–Crippen MR) is 95.1 cm³/mol. The molecule has 1 aliphatic rings. The van der Waals surface area contributed by atoms with Crippen LogP contribution in [0.2, 0.25) is 0 Å². The van der Waals surface area contributed by atoms with Gasteiger partial charge in [0.1, 0.15) is 18.2 Å². The van der Waals surface area contributed by atoms with Crippen molar-refractivity contribution in [3.63, 3.8) is 0 Å². The molecule has 0 aromatic heterocycles. The summed E-state index contributed by atoms with van der Waals surface area (Å²) in [5, 5.41) is 3.44. The first-order valence-electron chi connectivity index (χ1n) is 8.09. The van der Waals surface area contributed by atoms with Crippen LogP contribution < -0.4 is 10.1 Å². The monoisotopic (exact) mass is 351 g/mol. The van der Waals surface area contributed by atoms with Crippen LogP contribution in [0.1, 0.15) is 24.0 Å². The maximum atomic E-state index is 12.9. The Hall–Kier alpha value is -1.62. The molecule has 0 radical (unpaired) electrons. The van der Waals surface area contributed by atoms with Gasteiger partial charge in [-0.1, -0.05) is 30.3 Å². The molecule has 3 nitrogen and oxygen atoms in total. The number of ether oxygens (including phenoxy) is 2. The zero-order chi connectivity index (χ0) is 15.9. The Kier molecular flexibility index (Phi) is 7.50. The van der Waals surface area contributed by atoms with Gasteiger partial charge in [0.05, 0.1) is 6.10 Å². The lowest BCUT2D eigenvalue weighted by molar-refractivity contribution is 0.110. The average Bonchev–Trinajstić information content (AvgIpc) is 3.09. The normalized spacial score (nSPS) is 16.6. The third-order valence-corrected chi connectivity index (χ3v) is 3.99. The van der Waals surface area contributed by atoms with E-state index >= 15 is 0 Å². The number of rotatable bonds is 7. The molecule has 1 fully saturated rings. The second-order valence-corrected chi connectivity index (χ2v) is 5.79. The van der Waals surface area contributed by atoms with Gasteiger partial charge in [-0.05, 0) is 36.6 Å². The molecule has 3 rings (SSSR count). The van der Waals surface area contributed by atoms with Crippen LogP contribution in [-0.2, 0) is 17.9 Å². The maximum absolute atomic E-state index is 12.9. The maximum Gasteiger partial charge on any atom is 0.124 e. The molecule has 130 valence electrons. The van der Waals surface area contributed by atoms with E-state index in [-0.39, 0.29) is 18.2 Å². The summed E-state index contributed by atoms with van der Waals surface area (Å²) in [5.41, 5.74) is 2.07. The second-order valence-electron chi connectivity index (χ2n) is 5.79. The van der Waals surface area contributed by atoms with Crippen LogP contribution in [0.25, 0.3) is 0 Å². The van der Waals surface area contributed by atoms with Crippen LogP contribution >= 0.6 is 12.4 Å². The highest BCUT2D eigenvalue weighted by atomic mass is 35.5. The molecule has 1 N–H and O–H groups in total. The van der Waals surface area contributed by atoms with Crippen molar-refractivity contribution < 1.29 is 13.9 Å². The molecular weight excluding hydrogens is 329 g/mol. The Balaban J connectivity index is 0.00000208. The topological polar surface area (TPSA) is 30.5 Å². The highest BCUT2D eigenvalue weighted by Gasteiger charge is 2.14. The molecule has 1 aliphatic heterocycles. The first kappa shape index (κ1) is 18.7. The van der Waals surface area contributed by atoms with E-state index in [0.29, 0.717) is 12.7 Å². The van der Waals surface area contributed by atoms with Crippen molar-refractivity contribution >= 4 is 12.4 Å². The molecule has 0 amide bonds. The fourth-order valence-electron chi connectivity index (χ4n) is 2.71. The van der Waals surface area contributed by atoms with Gasteiger partial charge < -0.3 is 14.8 Å². The number of hydrogen-bond acceptors (Lipinski definition) is 3. The van der Waals surface area contributed by atoms with Crippen molar-refractivity contribution in [2.45, 2.75) is 32.1 Å². The number of hydrogen-bond donors (Lipinski definition) is 1. The molecule has 1 atom stereocenters. The lowest BCUT2D eigenvalue weighted by Gasteiger charge is -2.14. The number of nitrogens with one attached hydrogen (secondary N) is 1. The molecule has 2 aromatic carbocycles. The van der Waals surface area contributed by atoms with Crippen molar-refractivity contribution in [3.8, 4) is 5.75 Å². The van der Waals surface area contributed by atoms with E-state index in [2.05, 4.69) is 11.4 Å². The summed E-state index contributed by atoms with van der Waals surface area (Å²) in [6.07, 6.45) is 2.63. The summed E-state index contributed by atoms with van der Waals surface area (Å²) in [4.78, 5) is 0. The summed E-state index contributed by atoms with van der Waals surface area (Å²) in [6, 6.07) is 14.4. The van der Waals surface area contributed by atoms with E-state index in [1.807, 2.05) is 18.2 Å². The molecule has 24 heavy (non-hydrogen) atoms. The Bertz CT molecular complexity index is 615. The molecular formula is C19H23ClFNO2.